The molecule has 6 nitrogen and oxygen atoms in total. The number of nitrogens with one attached hydrogen (secondary N) is 2. The van der Waals surface area contributed by atoms with E-state index in [4.69, 9.17) is 4.74 Å². The number of hydrogen-bond donors (Lipinski definition) is 2. The molecule has 1 aliphatic heterocycles. The molecule has 7 heteroatoms. The standard InChI is InChI=1S/C18H30FN5O/c1-3-20-18(22-10-5-4-6-13-25-2)23-15-9-12-24(14-15)17-16(19)8-7-11-21-17/h7-8,11,15H,3-6,9-10,12-14H2,1-2H3,(H2,20,22,23). The number of aromatic nitrogens is 1. The summed E-state index contributed by atoms with van der Waals surface area (Å²) >= 11 is 0. The highest BCUT2D eigenvalue weighted by molar-refractivity contribution is 5.80. The molecular weight excluding hydrogens is 321 g/mol. The number of halogens is 1. The van der Waals surface area contributed by atoms with Crippen molar-refractivity contribution in [2.45, 2.75) is 38.6 Å². The number of guanidine groups is 1. The summed E-state index contributed by atoms with van der Waals surface area (Å²) in [5.74, 6) is 1.01. The molecule has 140 valence electrons. The highest BCUT2D eigenvalue weighted by Gasteiger charge is 2.25. The van der Waals surface area contributed by atoms with Gasteiger partial charge in [0.05, 0.1) is 0 Å². The molecule has 1 unspecified atom stereocenters. The maximum atomic E-state index is 13.9. The van der Waals surface area contributed by atoms with E-state index in [-0.39, 0.29) is 11.9 Å². The highest BCUT2D eigenvalue weighted by atomic mass is 19.1. The van der Waals surface area contributed by atoms with Gasteiger partial charge in [0.25, 0.3) is 0 Å². The van der Waals surface area contributed by atoms with E-state index >= 15 is 0 Å². The first-order valence-corrected chi connectivity index (χ1v) is 9.13. The van der Waals surface area contributed by atoms with E-state index < -0.39 is 0 Å². The minimum Gasteiger partial charge on any atom is -0.385 e. The molecule has 1 fully saturated rings. The summed E-state index contributed by atoms with van der Waals surface area (Å²) in [5.41, 5.74) is 0. The average molecular weight is 351 g/mol. The van der Waals surface area contributed by atoms with Gasteiger partial charge in [-0.2, -0.15) is 0 Å². The Labute approximate surface area is 149 Å². The Bertz CT molecular complexity index is 540. The first kappa shape index (κ1) is 19.4. The lowest BCUT2D eigenvalue weighted by atomic mass is 10.2. The maximum absolute atomic E-state index is 13.9. The van der Waals surface area contributed by atoms with Crippen molar-refractivity contribution < 1.29 is 9.13 Å². The molecule has 2 rings (SSSR count). The van der Waals surface area contributed by atoms with Crippen LogP contribution in [-0.2, 0) is 4.74 Å². The summed E-state index contributed by atoms with van der Waals surface area (Å²) in [6.45, 7) is 6.00. The summed E-state index contributed by atoms with van der Waals surface area (Å²) in [6, 6.07) is 3.32. The van der Waals surface area contributed by atoms with Gasteiger partial charge in [-0.05, 0) is 44.7 Å². The number of rotatable bonds is 9. The fourth-order valence-electron chi connectivity index (χ4n) is 2.92. The third-order valence-corrected chi connectivity index (χ3v) is 4.19. The molecule has 0 bridgehead atoms. The molecule has 0 aromatic carbocycles. The molecule has 1 atom stereocenters. The Kier molecular flexibility index (Phi) is 8.45. The second-order valence-corrected chi connectivity index (χ2v) is 6.20. The Morgan fingerprint density at radius 3 is 3.08 bits per heavy atom. The second kappa shape index (κ2) is 10.9. The molecule has 2 N–H and O–H groups in total. The van der Waals surface area contributed by atoms with Gasteiger partial charge in [-0.15, -0.1) is 0 Å². The summed E-state index contributed by atoms with van der Waals surface area (Å²) in [4.78, 5) is 10.8. The van der Waals surface area contributed by atoms with Crippen LogP contribution in [0.5, 0.6) is 0 Å². The van der Waals surface area contributed by atoms with Crippen molar-refractivity contribution in [1.29, 1.82) is 0 Å². The normalized spacial score (nSPS) is 17.8. The number of aliphatic imine (C=N–C) groups is 1. The van der Waals surface area contributed by atoms with Crippen LogP contribution in [0.4, 0.5) is 10.2 Å². The topological polar surface area (TPSA) is 61.8 Å². The molecule has 0 radical (unpaired) electrons. The van der Waals surface area contributed by atoms with Crippen LogP contribution in [0, 0.1) is 5.82 Å². The number of pyridine rings is 1. The van der Waals surface area contributed by atoms with Gasteiger partial charge in [0.1, 0.15) is 0 Å². The summed E-state index contributed by atoms with van der Waals surface area (Å²) < 4.78 is 18.9. The zero-order valence-electron chi connectivity index (χ0n) is 15.3. The minimum atomic E-state index is -0.264. The second-order valence-electron chi connectivity index (χ2n) is 6.20. The smallest absolute Gasteiger partial charge is 0.191 e. The summed E-state index contributed by atoms with van der Waals surface area (Å²) in [7, 11) is 1.73. The lowest BCUT2D eigenvalue weighted by molar-refractivity contribution is 0.192. The van der Waals surface area contributed by atoms with Crippen LogP contribution in [-0.4, -0.2) is 56.9 Å². The van der Waals surface area contributed by atoms with Gasteiger partial charge in [0.15, 0.2) is 17.6 Å². The summed E-state index contributed by atoms with van der Waals surface area (Å²) in [6.07, 6.45) is 5.81. The lowest BCUT2D eigenvalue weighted by Crippen LogP contribution is -2.44. The van der Waals surface area contributed by atoms with Crippen LogP contribution in [0.15, 0.2) is 23.3 Å². The van der Waals surface area contributed by atoms with Gasteiger partial charge in [-0.1, -0.05) is 0 Å². The van der Waals surface area contributed by atoms with Crippen LogP contribution >= 0.6 is 0 Å². The zero-order valence-corrected chi connectivity index (χ0v) is 15.3. The van der Waals surface area contributed by atoms with E-state index in [1.807, 2.05) is 4.90 Å². The van der Waals surface area contributed by atoms with Crippen LogP contribution in [0.3, 0.4) is 0 Å². The largest absolute Gasteiger partial charge is 0.385 e. The van der Waals surface area contributed by atoms with Gasteiger partial charge < -0.3 is 20.3 Å². The van der Waals surface area contributed by atoms with E-state index in [9.17, 15) is 4.39 Å². The predicted molar refractivity (Wildman–Crippen MR) is 99.7 cm³/mol. The number of anilines is 1. The van der Waals surface area contributed by atoms with E-state index in [0.29, 0.717) is 5.82 Å². The van der Waals surface area contributed by atoms with E-state index in [2.05, 4.69) is 27.5 Å². The van der Waals surface area contributed by atoms with Crippen molar-refractivity contribution in [3.05, 3.63) is 24.1 Å². The highest BCUT2D eigenvalue weighted by Crippen LogP contribution is 2.20. The first-order chi connectivity index (χ1) is 12.2. The van der Waals surface area contributed by atoms with Crippen molar-refractivity contribution >= 4 is 11.8 Å². The molecule has 0 amide bonds. The van der Waals surface area contributed by atoms with Gasteiger partial charge in [-0.3, -0.25) is 4.99 Å². The molecule has 2 heterocycles. The number of nitrogens with zero attached hydrogens (tertiary/aromatic N) is 3. The third kappa shape index (κ3) is 6.49. The Hall–Kier alpha value is -1.89. The molecule has 0 saturated carbocycles. The lowest BCUT2D eigenvalue weighted by Gasteiger charge is -2.19. The molecular formula is C18H30FN5O. The van der Waals surface area contributed by atoms with Gasteiger partial charge in [-0.25, -0.2) is 9.37 Å². The maximum Gasteiger partial charge on any atom is 0.191 e. The molecule has 1 aliphatic rings. The van der Waals surface area contributed by atoms with E-state index in [0.717, 1.165) is 64.4 Å². The minimum absolute atomic E-state index is 0.243. The van der Waals surface area contributed by atoms with Gasteiger partial charge in [0.2, 0.25) is 0 Å². The summed E-state index contributed by atoms with van der Waals surface area (Å²) in [5, 5.41) is 6.74. The molecule has 25 heavy (non-hydrogen) atoms. The third-order valence-electron chi connectivity index (χ3n) is 4.19. The van der Waals surface area contributed by atoms with Crippen molar-refractivity contribution in [3.63, 3.8) is 0 Å². The SMILES string of the molecule is CCNC(=NCCCCCOC)NC1CCN(c2ncccc2F)C1. The van der Waals surface area contributed by atoms with E-state index in [1.54, 1.807) is 19.4 Å². The molecule has 0 aliphatic carbocycles. The van der Waals surface area contributed by atoms with Crippen molar-refractivity contribution in [2.24, 2.45) is 4.99 Å². The van der Waals surface area contributed by atoms with Gasteiger partial charge in [0, 0.05) is 52.1 Å². The number of ether oxygens (including phenoxy) is 1. The van der Waals surface area contributed by atoms with Gasteiger partial charge >= 0.3 is 0 Å². The van der Waals surface area contributed by atoms with Crippen molar-refractivity contribution in [3.8, 4) is 0 Å². The Morgan fingerprint density at radius 1 is 1.44 bits per heavy atom. The quantitative estimate of drug-likeness (QED) is 0.406. The number of hydrogen-bond acceptors (Lipinski definition) is 4. The Balaban J connectivity index is 1.80. The van der Waals surface area contributed by atoms with Crippen LogP contribution in [0.25, 0.3) is 0 Å². The molecule has 1 aromatic heterocycles. The van der Waals surface area contributed by atoms with Crippen LogP contribution < -0.4 is 15.5 Å². The van der Waals surface area contributed by atoms with Crippen molar-refractivity contribution in [1.82, 2.24) is 15.6 Å². The molecule has 1 saturated heterocycles. The molecule has 0 spiro atoms. The average Bonchev–Trinajstić information content (AvgIpc) is 3.07. The number of methoxy groups -OCH3 is 1. The monoisotopic (exact) mass is 351 g/mol. The predicted octanol–water partition coefficient (Wildman–Crippen LogP) is 2.17. The first-order valence-electron chi connectivity index (χ1n) is 9.13. The fraction of sp³-hybridized carbons (Fsp3) is 0.667. The fourth-order valence-corrected chi connectivity index (χ4v) is 2.92. The number of unbranched alkanes of at least 4 members (excludes halogenated alkanes) is 2. The Morgan fingerprint density at radius 2 is 2.32 bits per heavy atom. The molecule has 1 aromatic rings. The van der Waals surface area contributed by atoms with Crippen LogP contribution in [0.2, 0.25) is 0 Å². The van der Waals surface area contributed by atoms with Crippen LogP contribution in [0.1, 0.15) is 32.6 Å². The zero-order chi connectivity index (χ0) is 17.9. The van der Waals surface area contributed by atoms with E-state index in [1.165, 1.54) is 6.07 Å². The van der Waals surface area contributed by atoms with Crippen molar-refractivity contribution in [2.75, 3.05) is 44.8 Å².